The van der Waals surface area contributed by atoms with Crippen molar-refractivity contribution in [1.82, 2.24) is 0 Å². The highest BCUT2D eigenvalue weighted by Crippen LogP contribution is 2.22. The third kappa shape index (κ3) is 3.46. The van der Waals surface area contributed by atoms with E-state index in [1.54, 1.807) is 0 Å². The molecule has 0 spiro atoms. The summed E-state index contributed by atoms with van der Waals surface area (Å²) in [7, 11) is -0.180. The summed E-state index contributed by atoms with van der Waals surface area (Å²) in [4.78, 5) is 9.09. The molecular weight excluding hydrogens is 267 g/mol. The van der Waals surface area contributed by atoms with E-state index in [0.717, 1.165) is 22.2 Å². The quantitative estimate of drug-likeness (QED) is 0.870. The van der Waals surface area contributed by atoms with Gasteiger partial charge in [0.25, 0.3) is 0 Å². The molecule has 94 valence electrons. The van der Waals surface area contributed by atoms with Crippen molar-refractivity contribution in [2.45, 2.75) is 13.5 Å². The highest BCUT2D eigenvalue weighted by molar-refractivity contribution is 7.40. The van der Waals surface area contributed by atoms with Crippen molar-refractivity contribution in [2.24, 2.45) is 0 Å². The smallest absolute Gasteiger partial charge is 0.122 e. The molecule has 0 aromatic heterocycles. The molecule has 0 aliphatic rings. The summed E-state index contributed by atoms with van der Waals surface area (Å²) in [6.45, 7) is 2.45. The van der Waals surface area contributed by atoms with E-state index in [0.29, 0.717) is 11.6 Å². The van der Waals surface area contributed by atoms with Crippen LogP contribution in [0.4, 0.5) is 0 Å². The maximum atomic E-state index is 9.09. The minimum Gasteiger partial charge on any atom is -0.489 e. The Bertz CT molecular complexity index is 543. The zero-order chi connectivity index (χ0) is 13.0. The second-order valence-corrected chi connectivity index (χ2v) is 5.25. The molecule has 2 aromatic carbocycles. The standard InChI is InChI=1S/C14H14ClO2P/c1-10-7-12(15)5-6-14(10)17-9-11-3-2-4-13(8-11)18-16/h2-8,16,18H,9H2,1H3. The second-order valence-electron chi connectivity index (χ2n) is 4.01. The maximum absolute atomic E-state index is 9.09. The average molecular weight is 281 g/mol. The summed E-state index contributed by atoms with van der Waals surface area (Å²) >= 11 is 5.89. The van der Waals surface area contributed by atoms with E-state index in [2.05, 4.69) is 0 Å². The monoisotopic (exact) mass is 280 g/mol. The van der Waals surface area contributed by atoms with Crippen LogP contribution in [0.5, 0.6) is 5.75 Å². The molecule has 0 aliphatic heterocycles. The van der Waals surface area contributed by atoms with Gasteiger partial charge in [-0.3, -0.25) is 0 Å². The molecule has 0 bridgehead atoms. The van der Waals surface area contributed by atoms with Crippen LogP contribution < -0.4 is 10.0 Å². The molecule has 2 aromatic rings. The predicted octanol–water partition coefficient (Wildman–Crippen LogP) is 3.44. The molecule has 0 radical (unpaired) electrons. The van der Waals surface area contributed by atoms with Gasteiger partial charge in [-0.05, 0) is 47.6 Å². The number of benzene rings is 2. The number of rotatable bonds is 4. The molecule has 1 unspecified atom stereocenters. The molecule has 4 heteroatoms. The van der Waals surface area contributed by atoms with Gasteiger partial charge >= 0.3 is 0 Å². The van der Waals surface area contributed by atoms with E-state index in [1.807, 2.05) is 49.4 Å². The van der Waals surface area contributed by atoms with Crippen molar-refractivity contribution in [1.29, 1.82) is 0 Å². The van der Waals surface area contributed by atoms with Gasteiger partial charge in [0, 0.05) is 13.8 Å². The van der Waals surface area contributed by atoms with E-state index >= 15 is 0 Å². The fourth-order valence-electron chi connectivity index (χ4n) is 1.67. The Morgan fingerprint density at radius 1 is 1.22 bits per heavy atom. The lowest BCUT2D eigenvalue weighted by molar-refractivity contribution is 0.304. The molecule has 0 fully saturated rings. The van der Waals surface area contributed by atoms with Crippen molar-refractivity contribution in [3.63, 3.8) is 0 Å². The van der Waals surface area contributed by atoms with Crippen molar-refractivity contribution in [3.8, 4) is 5.75 Å². The van der Waals surface area contributed by atoms with E-state index in [1.165, 1.54) is 0 Å². The van der Waals surface area contributed by atoms with Crippen LogP contribution in [-0.2, 0) is 6.61 Å². The Kier molecular flexibility index (Phi) is 4.60. The zero-order valence-corrected chi connectivity index (χ0v) is 11.7. The first kappa shape index (κ1) is 13.4. The Morgan fingerprint density at radius 2 is 2.06 bits per heavy atom. The Balaban J connectivity index is 2.06. The lowest BCUT2D eigenvalue weighted by Crippen LogP contribution is -2.01. The number of hydrogen-bond donors (Lipinski definition) is 1. The van der Waals surface area contributed by atoms with Crippen molar-refractivity contribution in [3.05, 3.63) is 58.6 Å². The van der Waals surface area contributed by atoms with Gasteiger partial charge in [0.2, 0.25) is 0 Å². The van der Waals surface area contributed by atoms with Gasteiger partial charge in [-0.2, -0.15) is 0 Å². The van der Waals surface area contributed by atoms with E-state index < -0.39 is 0 Å². The lowest BCUT2D eigenvalue weighted by atomic mass is 10.2. The molecule has 2 nitrogen and oxygen atoms in total. The second kappa shape index (κ2) is 6.19. The fraction of sp³-hybridized carbons (Fsp3) is 0.143. The largest absolute Gasteiger partial charge is 0.489 e. The van der Waals surface area contributed by atoms with Crippen molar-refractivity contribution in [2.75, 3.05) is 0 Å². The van der Waals surface area contributed by atoms with Gasteiger partial charge in [0.15, 0.2) is 0 Å². The highest BCUT2D eigenvalue weighted by atomic mass is 35.5. The normalized spacial score (nSPS) is 11.1. The van der Waals surface area contributed by atoms with Gasteiger partial charge in [-0.15, -0.1) is 0 Å². The average Bonchev–Trinajstić information content (AvgIpc) is 2.38. The molecule has 2 rings (SSSR count). The molecular formula is C14H14ClO2P. The number of ether oxygens (including phenoxy) is 1. The van der Waals surface area contributed by atoms with Crippen LogP contribution in [0.3, 0.4) is 0 Å². The molecule has 1 atom stereocenters. The third-order valence-corrected chi connectivity index (χ3v) is 3.39. The fourth-order valence-corrected chi connectivity index (χ4v) is 2.31. The summed E-state index contributed by atoms with van der Waals surface area (Å²) in [5.41, 5.74) is 2.06. The van der Waals surface area contributed by atoms with Gasteiger partial charge in [0.1, 0.15) is 12.4 Å². The molecule has 1 N–H and O–H groups in total. The topological polar surface area (TPSA) is 29.5 Å². The van der Waals surface area contributed by atoms with Crippen LogP contribution in [0.15, 0.2) is 42.5 Å². The van der Waals surface area contributed by atoms with Gasteiger partial charge in [-0.25, -0.2) is 0 Å². The summed E-state index contributed by atoms with van der Waals surface area (Å²) in [5.74, 6) is 0.830. The number of aryl methyl sites for hydroxylation is 1. The molecule has 18 heavy (non-hydrogen) atoms. The first-order valence-corrected chi connectivity index (χ1v) is 6.89. The van der Waals surface area contributed by atoms with E-state index in [4.69, 9.17) is 21.2 Å². The van der Waals surface area contributed by atoms with Crippen molar-refractivity contribution >= 4 is 25.7 Å². The van der Waals surface area contributed by atoms with Crippen LogP contribution in [0.1, 0.15) is 11.1 Å². The Morgan fingerprint density at radius 3 is 2.78 bits per heavy atom. The molecule has 0 heterocycles. The summed E-state index contributed by atoms with van der Waals surface area (Å²) in [6, 6.07) is 13.3. The highest BCUT2D eigenvalue weighted by Gasteiger charge is 2.01. The summed E-state index contributed by atoms with van der Waals surface area (Å²) in [5, 5.41) is 1.63. The van der Waals surface area contributed by atoms with Crippen LogP contribution in [0, 0.1) is 6.92 Å². The minimum atomic E-state index is -0.180. The summed E-state index contributed by atoms with van der Waals surface area (Å²) in [6.07, 6.45) is 0. The number of hydrogen-bond acceptors (Lipinski definition) is 2. The summed E-state index contributed by atoms with van der Waals surface area (Å²) < 4.78 is 5.74. The number of halogens is 1. The van der Waals surface area contributed by atoms with E-state index in [-0.39, 0.29) is 8.81 Å². The van der Waals surface area contributed by atoms with Crippen molar-refractivity contribution < 1.29 is 9.63 Å². The first-order chi connectivity index (χ1) is 8.69. The first-order valence-electron chi connectivity index (χ1n) is 5.57. The molecule has 0 saturated carbocycles. The van der Waals surface area contributed by atoms with E-state index in [9.17, 15) is 0 Å². The third-order valence-electron chi connectivity index (χ3n) is 2.59. The molecule has 0 saturated heterocycles. The Hall–Kier alpha value is -1.08. The molecule has 0 aliphatic carbocycles. The zero-order valence-electron chi connectivity index (χ0n) is 9.98. The van der Waals surface area contributed by atoms with Gasteiger partial charge in [-0.1, -0.05) is 29.8 Å². The van der Waals surface area contributed by atoms with Crippen LogP contribution in [0.2, 0.25) is 5.02 Å². The SMILES string of the molecule is Cc1cc(Cl)ccc1OCc1cccc(PO)c1. The van der Waals surface area contributed by atoms with Crippen LogP contribution in [0.25, 0.3) is 0 Å². The predicted molar refractivity (Wildman–Crippen MR) is 77.1 cm³/mol. The maximum Gasteiger partial charge on any atom is 0.122 e. The van der Waals surface area contributed by atoms with Crippen LogP contribution in [-0.4, -0.2) is 4.89 Å². The van der Waals surface area contributed by atoms with Gasteiger partial charge < -0.3 is 9.63 Å². The van der Waals surface area contributed by atoms with Crippen LogP contribution >= 0.6 is 20.4 Å². The Labute approximate surface area is 113 Å². The lowest BCUT2D eigenvalue weighted by Gasteiger charge is -2.10. The van der Waals surface area contributed by atoms with Gasteiger partial charge in [0.05, 0.1) is 0 Å². The molecule has 0 amide bonds. The minimum absolute atomic E-state index is 0.180.